The van der Waals surface area contributed by atoms with E-state index in [1.54, 1.807) is 12.0 Å². The van der Waals surface area contributed by atoms with E-state index < -0.39 is 0 Å². The molecule has 2 aromatic carbocycles. The molecule has 1 saturated heterocycles. The average molecular weight is 333 g/mol. The lowest BCUT2D eigenvalue weighted by Gasteiger charge is -2.19. The molecule has 126 valence electrons. The van der Waals surface area contributed by atoms with Gasteiger partial charge in [-0.05, 0) is 17.7 Å². The Hall–Kier alpha value is -3.08. The van der Waals surface area contributed by atoms with Crippen LogP contribution in [0.4, 0.5) is 5.69 Å². The molecule has 0 spiro atoms. The first-order valence-corrected chi connectivity index (χ1v) is 8.30. The van der Waals surface area contributed by atoms with E-state index in [9.17, 15) is 4.79 Å². The van der Waals surface area contributed by atoms with Crippen LogP contribution in [0, 0.1) is 0 Å². The zero-order chi connectivity index (χ0) is 17.2. The molecular formula is C20H19N3O2. The van der Waals surface area contributed by atoms with Crippen molar-refractivity contribution in [3.05, 3.63) is 66.6 Å². The van der Waals surface area contributed by atoms with Crippen LogP contribution in [0.1, 0.15) is 18.2 Å². The van der Waals surface area contributed by atoms with Crippen LogP contribution in [0.25, 0.3) is 11.3 Å². The van der Waals surface area contributed by atoms with Gasteiger partial charge in [0.15, 0.2) is 0 Å². The number of carbonyl (C=O) groups excluding carboxylic acids is 1. The Morgan fingerprint density at radius 1 is 1.12 bits per heavy atom. The fourth-order valence-corrected chi connectivity index (χ4v) is 3.28. The van der Waals surface area contributed by atoms with E-state index in [-0.39, 0.29) is 11.8 Å². The van der Waals surface area contributed by atoms with Gasteiger partial charge in [0, 0.05) is 18.9 Å². The van der Waals surface area contributed by atoms with Crippen LogP contribution in [0.5, 0.6) is 5.75 Å². The van der Waals surface area contributed by atoms with Crippen LogP contribution in [0.15, 0.2) is 60.8 Å². The van der Waals surface area contributed by atoms with Crippen LogP contribution in [0.3, 0.4) is 0 Å². The van der Waals surface area contributed by atoms with Crippen molar-refractivity contribution in [3.63, 3.8) is 0 Å². The fraction of sp³-hybridized carbons (Fsp3) is 0.200. The van der Waals surface area contributed by atoms with Gasteiger partial charge < -0.3 is 14.6 Å². The molecule has 1 aliphatic rings. The third-order valence-electron chi connectivity index (χ3n) is 4.57. The van der Waals surface area contributed by atoms with E-state index in [2.05, 4.69) is 9.97 Å². The van der Waals surface area contributed by atoms with E-state index in [1.807, 2.05) is 60.8 Å². The Balaban J connectivity index is 1.58. The lowest BCUT2D eigenvalue weighted by molar-refractivity contribution is -0.117. The van der Waals surface area contributed by atoms with Gasteiger partial charge in [-0.3, -0.25) is 4.79 Å². The summed E-state index contributed by atoms with van der Waals surface area (Å²) in [6, 6.07) is 17.7. The summed E-state index contributed by atoms with van der Waals surface area (Å²) in [7, 11) is 1.62. The monoisotopic (exact) mass is 333 g/mol. The van der Waals surface area contributed by atoms with Crippen LogP contribution < -0.4 is 9.64 Å². The summed E-state index contributed by atoms with van der Waals surface area (Å²) in [5.74, 6) is 1.70. The quantitative estimate of drug-likeness (QED) is 0.793. The number of benzene rings is 2. The smallest absolute Gasteiger partial charge is 0.227 e. The number of rotatable bonds is 4. The van der Waals surface area contributed by atoms with Crippen molar-refractivity contribution in [2.75, 3.05) is 18.6 Å². The number of amides is 1. The number of nitrogens with one attached hydrogen (secondary N) is 1. The molecule has 25 heavy (non-hydrogen) atoms. The van der Waals surface area contributed by atoms with Crippen molar-refractivity contribution in [1.29, 1.82) is 0 Å². The first-order chi connectivity index (χ1) is 12.3. The minimum absolute atomic E-state index is 0.0508. The van der Waals surface area contributed by atoms with Gasteiger partial charge in [-0.25, -0.2) is 4.98 Å². The standard InChI is InChI=1S/C20H19N3O2/c1-25-18-10-6-5-9-17(18)23-13-15(11-19(23)24)20-21-12-16(22-20)14-7-3-2-4-8-14/h2-10,12,15H,11,13H2,1H3,(H,21,22). The number of hydrogen-bond acceptors (Lipinski definition) is 3. The molecule has 1 aliphatic heterocycles. The first-order valence-electron chi connectivity index (χ1n) is 8.30. The van der Waals surface area contributed by atoms with Crippen molar-refractivity contribution < 1.29 is 9.53 Å². The Labute approximate surface area is 146 Å². The summed E-state index contributed by atoms with van der Waals surface area (Å²) in [4.78, 5) is 22.2. The Morgan fingerprint density at radius 2 is 1.88 bits per heavy atom. The number of imidazole rings is 1. The third kappa shape index (κ3) is 2.89. The highest BCUT2D eigenvalue weighted by Crippen LogP contribution is 2.35. The lowest BCUT2D eigenvalue weighted by Crippen LogP contribution is -2.24. The number of aromatic nitrogens is 2. The third-order valence-corrected chi connectivity index (χ3v) is 4.57. The summed E-state index contributed by atoms with van der Waals surface area (Å²) >= 11 is 0. The number of anilines is 1. The largest absolute Gasteiger partial charge is 0.495 e. The summed E-state index contributed by atoms with van der Waals surface area (Å²) in [5, 5.41) is 0. The molecule has 0 aliphatic carbocycles. The molecule has 1 aromatic heterocycles. The van der Waals surface area contributed by atoms with Gasteiger partial charge in [0.25, 0.3) is 0 Å². The predicted octanol–water partition coefficient (Wildman–Crippen LogP) is 3.61. The Bertz CT molecular complexity index is 889. The van der Waals surface area contributed by atoms with Gasteiger partial charge in [-0.15, -0.1) is 0 Å². The van der Waals surface area contributed by atoms with Gasteiger partial charge in [-0.2, -0.15) is 0 Å². The van der Waals surface area contributed by atoms with Gasteiger partial charge in [0.05, 0.1) is 24.7 Å². The molecule has 5 heteroatoms. The average Bonchev–Trinajstić information content (AvgIpc) is 3.29. The number of nitrogens with zero attached hydrogens (tertiary/aromatic N) is 2. The SMILES string of the molecule is COc1ccccc1N1CC(c2ncc(-c3ccccc3)[nH]2)CC1=O. The molecule has 1 amide bonds. The van der Waals surface area contributed by atoms with Crippen LogP contribution in [0.2, 0.25) is 0 Å². The molecule has 2 heterocycles. The lowest BCUT2D eigenvalue weighted by atomic mass is 10.1. The number of ether oxygens (including phenoxy) is 1. The number of methoxy groups -OCH3 is 1. The van der Waals surface area contributed by atoms with Gasteiger partial charge in [-0.1, -0.05) is 42.5 Å². The van der Waals surface area contributed by atoms with E-state index >= 15 is 0 Å². The maximum absolute atomic E-state index is 12.5. The Morgan fingerprint density at radius 3 is 2.68 bits per heavy atom. The van der Waals surface area contributed by atoms with E-state index in [4.69, 9.17) is 4.74 Å². The van der Waals surface area contributed by atoms with Crippen LogP contribution >= 0.6 is 0 Å². The maximum atomic E-state index is 12.5. The number of aromatic amines is 1. The second-order valence-electron chi connectivity index (χ2n) is 6.13. The van der Waals surface area contributed by atoms with E-state index in [0.717, 1.165) is 22.8 Å². The molecule has 0 radical (unpaired) electrons. The molecule has 5 nitrogen and oxygen atoms in total. The van der Waals surface area contributed by atoms with Crippen LogP contribution in [-0.2, 0) is 4.79 Å². The molecule has 1 fully saturated rings. The van der Waals surface area contributed by atoms with Crippen molar-refractivity contribution in [2.24, 2.45) is 0 Å². The highest BCUT2D eigenvalue weighted by molar-refractivity contribution is 5.97. The molecule has 3 aromatic rings. The van der Waals surface area contributed by atoms with Gasteiger partial charge in [0.1, 0.15) is 11.6 Å². The highest BCUT2D eigenvalue weighted by Gasteiger charge is 2.34. The van der Waals surface area contributed by atoms with Crippen molar-refractivity contribution in [2.45, 2.75) is 12.3 Å². The number of para-hydroxylation sites is 2. The minimum atomic E-state index is 0.0508. The van der Waals surface area contributed by atoms with Crippen molar-refractivity contribution in [3.8, 4) is 17.0 Å². The van der Waals surface area contributed by atoms with E-state index in [1.165, 1.54) is 0 Å². The second-order valence-corrected chi connectivity index (χ2v) is 6.13. The molecule has 1 atom stereocenters. The zero-order valence-corrected chi connectivity index (χ0v) is 14.0. The second kappa shape index (κ2) is 6.43. The number of H-pyrrole nitrogens is 1. The number of carbonyl (C=O) groups is 1. The molecule has 4 rings (SSSR count). The van der Waals surface area contributed by atoms with Gasteiger partial charge >= 0.3 is 0 Å². The summed E-state index contributed by atoms with van der Waals surface area (Å²) < 4.78 is 5.39. The first kappa shape index (κ1) is 15.4. The molecule has 0 bridgehead atoms. The maximum Gasteiger partial charge on any atom is 0.227 e. The topological polar surface area (TPSA) is 58.2 Å². The van der Waals surface area contributed by atoms with Crippen molar-refractivity contribution in [1.82, 2.24) is 9.97 Å². The summed E-state index contributed by atoms with van der Waals surface area (Å²) in [6.45, 7) is 0.598. The fourth-order valence-electron chi connectivity index (χ4n) is 3.28. The predicted molar refractivity (Wildman–Crippen MR) is 96.7 cm³/mol. The Kier molecular flexibility index (Phi) is 3.98. The molecule has 0 saturated carbocycles. The van der Waals surface area contributed by atoms with Crippen molar-refractivity contribution >= 4 is 11.6 Å². The minimum Gasteiger partial charge on any atom is -0.495 e. The normalized spacial score (nSPS) is 17.1. The zero-order valence-electron chi connectivity index (χ0n) is 14.0. The highest BCUT2D eigenvalue weighted by atomic mass is 16.5. The summed E-state index contributed by atoms with van der Waals surface area (Å²) in [6.07, 6.45) is 2.28. The number of hydrogen-bond donors (Lipinski definition) is 1. The van der Waals surface area contributed by atoms with E-state index in [0.29, 0.717) is 18.7 Å². The molecule has 1 N–H and O–H groups in total. The molecule has 1 unspecified atom stereocenters. The van der Waals surface area contributed by atoms with Crippen LogP contribution in [-0.4, -0.2) is 29.5 Å². The van der Waals surface area contributed by atoms with Gasteiger partial charge in [0.2, 0.25) is 5.91 Å². The summed E-state index contributed by atoms with van der Waals surface area (Å²) in [5.41, 5.74) is 2.87. The molecular weight excluding hydrogens is 314 g/mol.